The summed E-state index contributed by atoms with van der Waals surface area (Å²) >= 11 is 0. The van der Waals surface area contributed by atoms with Crippen LogP contribution >= 0.6 is 0 Å². The highest BCUT2D eigenvalue weighted by Gasteiger charge is 1.99. The quantitative estimate of drug-likeness (QED) is 0.491. The number of benzene rings is 1. The van der Waals surface area contributed by atoms with E-state index in [0.717, 1.165) is 19.6 Å². The Morgan fingerprint density at radius 1 is 1.31 bits per heavy atom. The van der Waals surface area contributed by atoms with Crippen LogP contribution in [0.2, 0.25) is 0 Å². The van der Waals surface area contributed by atoms with Crippen molar-refractivity contribution in [1.29, 1.82) is 0 Å². The molecule has 0 unspecified atom stereocenters. The van der Waals surface area contributed by atoms with E-state index < -0.39 is 0 Å². The summed E-state index contributed by atoms with van der Waals surface area (Å²) in [6.45, 7) is 8.28. The Hall–Kier alpha value is -1.28. The van der Waals surface area contributed by atoms with Gasteiger partial charge in [0.2, 0.25) is 0 Å². The second kappa shape index (κ2) is 7.94. The van der Waals surface area contributed by atoms with Gasteiger partial charge in [-0.15, -0.1) is 0 Å². The molecule has 0 radical (unpaired) electrons. The van der Waals surface area contributed by atoms with E-state index >= 15 is 0 Å². The molecule has 0 aromatic heterocycles. The molecule has 0 saturated heterocycles. The average Bonchev–Trinajstić information content (AvgIpc) is 2.34. The SMILES string of the molecule is C=CN(COCCCC)Cc1ccccc1. The molecule has 2 nitrogen and oxygen atoms in total. The first kappa shape index (κ1) is 12.8. The van der Waals surface area contributed by atoms with Gasteiger partial charge in [-0.05, 0) is 18.2 Å². The van der Waals surface area contributed by atoms with Gasteiger partial charge in [-0.1, -0.05) is 50.3 Å². The molecule has 0 N–H and O–H groups in total. The Bertz CT molecular complexity index is 284. The molecule has 1 rings (SSSR count). The van der Waals surface area contributed by atoms with Crippen LogP contribution in [0, 0.1) is 0 Å². The second-order valence-electron chi connectivity index (χ2n) is 3.81. The molecule has 0 heterocycles. The minimum Gasteiger partial charge on any atom is -0.361 e. The molecule has 2 heteroatoms. The van der Waals surface area contributed by atoms with Gasteiger partial charge in [0.1, 0.15) is 6.73 Å². The fraction of sp³-hybridized carbons (Fsp3) is 0.429. The van der Waals surface area contributed by atoms with Gasteiger partial charge in [-0.3, -0.25) is 0 Å². The van der Waals surface area contributed by atoms with Gasteiger partial charge >= 0.3 is 0 Å². The maximum atomic E-state index is 5.55. The lowest BCUT2D eigenvalue weighted by molar-refractivity contribution is 0.0491. The molecule has 0 bridgehead atoms. The third-order valence-corrected chi connectivity index (χ3v) is 2.39. The van der Waals surface area contributed by atoms with Crippen molar-refractivity contribution in [2.45, 2.75) is 26.3 Å². The van der Waals surface area contributed by atoms with E-state index in [9.17, 15) is 0 Å². The number of ether oxygens (including phenoxy) is 1. The highest BCUT2D eigenvalue weighted by atomic mass is 16.5. The number of hydrogen-bond donors (Lipinski definition) is 0. The normalized spacial score (nSPS) is 10.1. The van der Waals surface area contributed by atoms with E-state index in [1.807, 2.05) is 12.3 Å². The zero-order valence-corrected chi connectivity index (χ0v) is 10.1. The van der Waals surface area contributed by atoms with Crippen molar-refractivity contribution in [1.82, 2.24) is 4.90 Å². The molecule has 0 atom stereocenters. The minimum absolute atomic E-state index is 0.623. The van der Waals surface area contributed by atoms with E-state index in [-0.39, 0.29) is 0 Å². The molecule has 0 aliphatic heterocycles. The molecule has 1 aromatic carbocycles. The molecule has 0 spiro atoms. The van der Waals surface area contributed by atoms with Gasteiger partial charge < -0.3 is 9.64 Å². The summed E-state index contributed by atoms with van der Waals surface area (Å²) in [6, 6.07) is 10.4. The number of rotatable bonds is 8. The molecule has 0 amide bonds. The van der Waals surface area contributed by atoms with Crippen LogP contribution in [0.3, 0.4) is 0 Å². The van der Waals surface area contributed by atoms with Crippen LogP contribution in [0.15, 0.2) is 43.1 Å². The summed E-state index contributed by atoms with van der Waals surface area (Å²) < 4.78 is 5.55. The van der Waals surface area contributed by atoms with Crippen LogP contribution in [0.4, 0.5) is 0 Å². The van der Waals surface area contributed by atoms with Crippen molar-refractivity contribution in [3.8, 4) is 0 Å². The van der Waals surface area contributed by atoms with Crippen LogP contribution < -0.4 is 0 Å². The summed E-state index contributed by atoms with van der Waals surface area (Å²) in [5.41, 5.74) is 1.28. The van der Waals surface area contributed by atoms with Crippen LogP contribution in [-0.4, -0.2) is 18.2 Å². The Balaban J connectivity index is 2.29. The molecule has 0 aliphatic carbocycles. The third-order valence-electron chi connectivity index (χ3n) is 2.39. The fourth-order valence-electron chi connectivity index (χ4n) is 1.41. The van der Waals surface area contributed by atoms with Crippen molar-refractivity contribution in [2.24, 2.45) is 0 Å². The zero-order valence-electron chi connectivity index (χ0n) is 10.1. The van der Waals surface area contributed by atoms with Gasteiger partial charge in [-0.25, -0.2) is 0 Å². The van der Waals surface area contributed by atoms with E-state index in [1.54, 1.807) is 0 Å². The summed E-state index contributed by atoms with van der Waals surface area (Å²) in [4.78, 5) is 2.07. The standard InChI is InChI=1S/C14H21NO/c1-3-5-11-16-13-15(4-2)12-14-9-7-6-8-10-14/h4,6-10H,2-3,5,11-13H2,1H3. The Morgan fingerprint density at radius 3 is 2.69 bits per heavy atom. The van der Waals surface area contributed by atoms with Crippen molar-refractivity contribution in [2.75, 3.05) is 13.3 Å². The lowest BCUT2D eigenvalue weighted by atomic mass is 10.2. The summed E-state index contributed by atoms with van der Waals surface area (Å²) in [5.74, 6) is 0. The van der Waals surface area contributed by atoms with Crippen LogP contribution in [0.1, 0.15) is 25.3 Å². The van der Waals surface area contributed by atoms with Crippen LogP contribution in [0.5, 0.6) is 0 Å². The van der Waals surface area contributed by atoms with E-state index in [0.29, 0.717) is 6.73 Å². The largest absolute Gasteiger partial charge is 0.361 e. The first-order valence-corrected chi connectivity index (χ1v) is 5.85. The summed E-state index contributed by atoms with van der Waals surface area (Å²) in [6.07, 6.45) is 4.13. The van der Waals surface area contributed by atoms with Gasteiger partial charge in [0.15, 0.2) is 0 Å². The molecule has 0 saturated carbocycles. The van der Waals surface area contributed by atoms with Crippen molar-refractivity contribution >= 4 is 0 Å². The maximum Gasteiger partial charge on any atom is 0.118 e. The first-order chi connectivity index (χ1) is 7.86. The molecule has 0 fully saturated rings. The van der Waals surface area contributed by atoms with E-state index in [4.69, 9.17) is 4.74 Å². The van der Waals surface area contributed by atoms with Gasteiger partial charge in [0, 0.05) is 13.2 Å². The lowest BCUT2D eigenvalue weighted by Gasteiger charge is -2.19. The highest BCUT2D eigenvalue weighted by molar-refractivity contribution is 5.14. The van der Waals surface area contributed by atoms with Gasteiger partial charge in [0.25, 0.3) is 0 Å². The van der Waals surface area contributed by atoms with Crippen LogP contribution in [0.25, 0.3) is 0 Å². The van der Waals surface area contributed by atoms with Crippen molar-refractivity contribution in [3.05, 3.63) is 48.7 Å². The molecule has 1 aromatic rings. The second-order valence-corrected chi connectivity index (χ2v) is 3.81. The molecule has 0 aliphatic rings. The number of hydrogen-bond acceptors (Lipinski definition) is 2. The number of unbranched alkanes of at least 4 members (excludes halogenated alkanes) is 1. The number of nitrogens with zero attached hydrogens (tertiary/aromatic N) is 1. The molecule has 88 valence electrons. The Morgan fingerprint density at radius 2 is 2.06 bits per heavy atom. The van der Waals surface area contributed by atoms with Crippen molar-refractivity contribution < 1.29 is 4.74 Å². The zero-order chi connectivity index (χ0) is 11.6. The van der Waals surface area contributed by atoms with E-state index in [2.05, 4.69) is 42.7 Å². The van der Waals surface area contributed by atoms with Gasteiger partial charge in [-0.2, -0.15) is 0 Å². The average molecular weight is 219 g/mol. The monoisotopic (exact) mass is 219 g/mol. The predicted molar refractivity (Wildman–Crippen MR) is 67.9 cm³/mol. The third kappa shape index (κ3) is 4.99. The fourth-order valence-corrected chi connectivity index (χ4v) is 1.41. The summed E-state index contributed by atoms with van der Waals surface area (Å²) in [7, 11) is 0. The summed E-state index contributed by atoms with van der Waals surface area (Å²) in [5, 5.41) is 0. The minimum atomic E-state index is 0.623. The smallest absolute Gasteiger partial charge is 0.118 e. The first-order valence-electron chi connectivity index (χ1n) is 5.85. The van der Waals surface area contributed by atoms with Crippen LogP contribution in [-0.2, 0) is 11.3 Å². The van der Waals surface area contributed by atoms with Crippen molar-refractivity contribution in [3.63, 3.8) is 0 Å². The predicted octanol–water partition coefficient (Wildman–Crippen LogP) is 3.41. The Labute approximate surface area is 98.5 Å². The lowest BCUT2D eigenvalue weighted by Crippen LogP contribution is -2.20. The molecule has 16 heavy (non-hydrogen) atoms. The van der Waals surface area contributed by atoms with E-state index in [1.165, 1.54) is 12.0 Å². The topological polar surface area (TPSA) is 12.5 Å². The molecular formula is C14H21NO. The Kier molecular flexibility index (Phi) is 6.35. The maximum absolute atomic E-state index is 5.55. The highest BCUT2D eigenvalue weighted by Crippen LogP contribution is 2.04. The molecular weight excluding hydrogens is 198 g/mol. The van der Waals surface area contributed by atoms with Gasteiger partial charge in [0.05, 0.1) is 0 Å².